The molecule has 0 unspecified atom stereocenters. The van der Waals surface area contributed by atoms with E-state index in [1.54, 1.807) is 6.92 Å². The molecule has 1 rings (SSSR count). The lowest BCUT2D eigenvalue weighted by Crippen LogP contribution is -2.19. The Kier molecular flexibility index (Phi) is 3.27. The van der Waals surface area contributed by atoms with Crippen LogP contribution < -0.4 is 0 Å². The molecule has 0 aromatic rings. The van der Waals surface area contributed by atoms with Gasteiger partial charge in [-0.05, 0) is 13.3 Å². The van der Waals surface area contributed by atoms with Crippen LogP contribution in [-0.2, 0) is 9.53 Å². The molecule has 2 heteroatoms. The Morgan fingerprint density at radius 2 is 2.54 bits per heavy atom. The van der Waals surface area contributed by atoms with Crippen LogP contribution in [0.3, 0.4) is 0 Å². The third-order valence-electron chi connectivity index (χ3n) is 2.16. The molecule has 0 spiro atoms. The highest BCUT2D eigenvalue weighted by Crippen LogP contribution is 2.41. The molecule has 0 radical (unpaired) electrons. The van der Waals surface area contributed by atoms with E-state index in [1.165, 1.54) is 5.57 Å². The molecule has 1 aliphatic rings. The van der Waals surface area contributed by atoms with Crippen LogP contribution in [0.1, 0.15) is 19.8 Å². The van der Waals surface area contributed by atoms with Gasteiger partial charge in [-0.15, -0.1) is 6.42 Å². The quantitative estimate of drug-likeness (QED) is 0.471. The summed E-state index contributed by atoms with van der Waals surface area (Å²) < 4.78 is 5.38. The van der Waals surface area contributed by atoms with Gasteiger partial charge in [0.15, 0.2) is 0 Å². The Morgan fingerprint density at radius 3 is 2.92 bits per heavy atom. The highest BCUT2D eigenvalue weighted by atomic mass is 16.5. The van der Waals surface area contributed by atoms with Crippen molar-refractivity contribution in [3.05, 3.63) is 12.2 Å². The lowest BCUT2D eigenvalue weighted by atomic mass is 10.1. The molecule has 1 saturated carbocycles. The number of terminal acetylenes is 1. The summed E-state index contributed by atoms with van der Waals surface area (Å²) in [5.74, 6) is 2.90. The van der Waals surface area contributed by atoms with Crippen LogP contribution in [0.25, 0.3) is 0 Å². The molecule has 0 aliphatic heterocycles. The van der Waals surface area contributed by atoms with Gasteiger partial charge in [0.05, 0.1) is 6.10 Å². The van der Waals surface area contributed by atoms with Crippen molar-refractivity contribution < 1.29 is 9.53 Å². The van der Waals surface area contributed by atoms with Gasteiger partial charge in [-0.25, -0.2) is 0 Å². The molecule has 70 valence electrons. The fraction of sp³-hybridized carbons (Fsp3) is 0.545. The summed E-state index contributed by atoms with van der Waals surface area (Å²) in [4.78, 5) is 10.9. The summed E-state index contributed by atoms with van der Waals surface area (Å²) in [6, 6.07) is 0. The van der Waals surface area contributed by atoms with E-state index < -0.39 is 0 Å². The van der Waals surface area contributed by atoms with Gasteiger partial charge in [0.1, 0.15) is 12.4 Å². The van der Waals surface area contributed by atoms with Crippen molar-refractivity contribution in [3.63, 3.8) is 0 Å². The summed E-state index contributed by atoms with van der Waals surface area (Å²) >= 11 is 0. The van der Waals surface area contributed by atoms with E-state index in [0.717, 1.165) is 6.42 Å². The number of carbonyl (C=O) groups excluding carboxylic acids is 1. The van der Waals surface area contributed by atoms with E-state index in [4.69, 9.17) is 11.2 Å². The van der Waals surface area contributed by atoms with Gasteiger partial charge in [-0.2, -0.15) is 0 Å². The predicted octanol–water partition coefficient (Wildman–Crippen LogP) is 1.56. The molecular formula is C11H14O2. The topological polar surface area (TPSA) is 26.3 Å². The summed E-state index contributed by atoms with van der Waals surface area (Å²) in [5, 5.41) is 0. The number of Topliss-reactive ketones (excluding diaryl/α,β-unsaturated/α-hetero) is 1. The van der Waals surface area contributed by atoms with E-state index >= 15 is 0 Å². The minimum absolute atomic E-state index is 0.0407. The maximum atomic E-state index is 10.9. The van der Waals surface area contributed by atoms with Crippen LogP contribution in [0.2, 0.25) is 0 Å². The first-order valence-electron chi connectivity index (χ1n) is 4.37. The maximum Gasteiger partial charge on any atom is 0.132 e. The largest absolute Gasteiger partial charge is 0.364 e. The third kappa shape index (κ3) is 3.04. The fourth-order valence-electron chi connectivity index (χ4n) is 1.37. The Labute approximate surface area is 79.0 Å². The summed E-state index contributed by atoms with van der Waals surface area (Å²) in [6.45, 7) is 5.69. The number of rotatable bonds is 5. The molecule has 2 nitrogen and oxygen atoms in total. The second kappa shape index (κ2) is 4.25. The minimum Gasteiger partial charge on any atom is -0.364 e. The van der Waals surface area contributed by atoms with Crippen molar-refractivity contribution in [2.75, 3.05) is 6.61 Å². The Bertz CT molecular complexity index is 260. The normalized spacial score (nSPS) is 22.2. The van der Waals surface area contributed by atoms with Crippen LogP contribution in [-0.4, -0.2) is 18.5 Å². The Hall–Kier alpha value is -1.07. The van der Waals surface area contributed by atoms with E-state index in [9.17, 15) is 4.79 Å². The highest BCUT2D eigenvalue weighted by Gasteiger charge is 2.36. The zero-order valence-corrected chi connectivity index (χ0v) is 7.88. The van der Waals surface area contributed by atoms with Gasteiger partial charge in [0.25, 0.3) is 0 Å². The van der Waals surface area contributed by atoms with Crippen molar-refractivity contribution in [1.82, 2.24) is 0 Å². The Morgan fingerprint density at radius 1 is 1.92 bits per heavy atom. The lowest BCUT2D eigenvalue weighted by Gasteiger charge is -2.13. The van der Waals surface area contributed by atoms with Crippen molar-refractivity contribution in [3.8, 4) is 12.3 Å². The van der Waals surface area contributed by atoms with Crippen molar-refractivity contribution in [1.29, 1.82) is 0 Å². The summed E-state index contributed by atoms with van der Waals surface area (Å²) in [7, 11) is 0. The zero-order valence-electron chi connectivity index (χ0n) is 7.88. The second-order valence-electron chi connectivity index (χ2n) is 3.43. The predicted molar refractivity (Wildman–Crippen MR) is 51.1 cm³/mol. The summed E-state index contributed by atoms with van der Waals surface area (Å²) in [5.41, 5.74) is 1.17. The molecular weight excluding hydrogens is 164 g/mol. The van der Waals surface area contributed by atoms with Gasteiger partial charge in [-0.3, -0.25) is 4.79 Å². The maximum absolute atomic E-state index is 10.9. The van der Waals surface area contributed by atoms with Crippen molar-refractivity contribution in [2.24, 2.45) is 5.92 Å². The molecule has 2 atom stereocenters. The molecule has 0 amide bonds. The van der Waals surface area contributed by atoms with E-state index in [-0.39, 0.29) is 18.5 Å². The first-order chi connectivity index (χ1) is 6.15. The van der Waals surface area contributed by atoms with Crippen molar-refractivity contribution in [2.45, 2.75) is 25.9 Å². The molecule has 1 fully saturated rings. The monoisotopic (exact) mass is 178 g/mol. The minimum atomic E-state index is -0.0407. The van der Waals surface area contributed by atoms with Crippen LogP contribution >= 0.6 is 0 Å². The first kappa shape index (κ1) is 10.0. The van der Waals surface area contributed by atoms with Crippen LogP contribution in [0.5, 0.6) is 0 Å². The molecule has 1 aliphatic carbocycles. The first-order valence-corrected chi connectivity index (χ1v) is 4.37. The second-order valence-corrected chi connectivity index (χ2v) is 3.43. The van der Waals surface area contributed by atoms with E-state index in [2.05, 4.69) is 12.5 Å². The van der Waals surface area contributed by atoms with Crippen LogP contribution in [0, 0.1) is 18.3 Å². The summed E-state index contributed by atoms with van der Waals surface area (Å²) in [6.07, 6.45) is 6.46. The zero-order chi connectivity index (χ0) is 9.84. The van der Waals surface area contributed by atoms with Gasteiger partial charge in [0.2, 0.25) is 0 Å². The SMILES string of the molecule is C#CCO[C@H](CC(C)=O)[C@@H]1CC1=C. The number of ether oxygens (including phenoxy) is 1. The molecule has 0 N–H and O–H groups in total. The number of hydrogen-bond acceptors (Lipinski definition) is 2. The van der Waals surface area contributed by atoms with Crippen LogP contribution in [0.15, 0.2) is 12.2 Å². The number of carbonyl (C=O) groups is 1. The molecule has 13 heavy (non-hydrogen) atoms. The molecule has 0 bridgehead atoms. The van der Waals surface area contributed by atoms with Crippen LogP contribution in [0.4, 0.5) is 0 Å². The molecule has 0 saturated heterocycles. The number of hydrogen-bond donors (Lipinski definition) is 0. The molecule has 0 heterocycles. The van der Waals surface area contributed by atoms with E-state index in [0.29, 0.717) is 12.3 Å². The van der Waals surface area contributed by atoms with Gasteiger partial charge in [-0.1, -0.05) is 18.1 Å². The van der Waals surface area contributed by atoms with E-state index in [1.807, 2.05) is 0 Å². The number of ketones is 1. The fourth-order valence-corrected chi connectivity index (χ4v) is 1.37. The van der Waals surface area contributed by atoms with Gasteiger partial charge in [0, 0.05) is 12.3 Å². The molecule has 0 aromatic heterocycles. The average molecular weight is 178 g/mol. The molecule has 0 aromatic carbocycles. The highest BCUT2D eigenvalue weighted by molar-refractivity contribution is 5.76. The Balaban J connectivity index is 2.40. The third-order valence-corrected chi connectivity index (χ3v) is 2.16. The van der Waals surface area contributed by atoms with Gasteiger partial charge >= 0.3 is 0 Å². The lowest BCUT2D eigenvalue weighted by molar-refractivity contribution is -0.119. The average Bonchev–Trinajstić information content (AvgIpc) is 2.75. The van der Waals surface area contributed by atoms with Crippen molar-refractivity contribution >= 4 is 5.78 Å². The smallest absolute Gasteiger partial charge is 0.132 e. The van der Waals surface area contributed by atoms with Gasteiger partial charge < -0.3 is 4.74 Å². The standard InChI is InChI=1S/C11H14O2/c1-4-5-13-11(7-9(3)12)10-6-8(10)2/h1,10-11H,2,5-7H2,3H3/t10-,11-/m1/s1.